The van der Waals surface area contributed by atoms with Gasteiger partial charge in [0.2, 0.25) is 0 Å². The lowest BCUT2D eigenvalue weighted by molar-refractivity contribution is -0.731. The molecule has 3 fully saturated rings. The fourth-order valence-corrected chi connectivity index (χ4v) is 6.93. The number of ketones is 1. The molecule has 0 unspecified atom stereocenters. The van der Waals surface area contributed by atoms with Crippen molar-refractivity contribution >= 4 is 5.78 Å². The van der Waals surface area contributed by atoms with Gasteiger partial charge in [0.1, 0.15) is 0 Å². The van der Waals surface area contributed by atoms with Crippen LogP contribution in [0.1, 0.15) is 65.2 Å². The number of hydrogen-bond donors (Lipinski definition) is 0. The number of carbonyl (C=O) groups is 1. The van der Waals surface area contributed by atoms with E-state index in [4.69, 9.17) is 0 Å². The molecule has 0 aromatic carbocycles. The van der Waals surface area contributed by atoms with Gasteiger partial charge in [-0.1, -0.05) is 25.3 Å². The van der Waals surface area contributed by atoms with Gasteiger partial charge in [-0.15, -0.1) is 10.1 Å². The van der Waals surface area contributed by atoms with E-state index in [1.807, 2.05) is 6.08 Å². The Morgan fingerprint density at radius 3 is 2.73 bits per heavy atom. The van der Waals surface area contributed by atoms with Gasteiger partial charge >= 0.3 is 5.09 Å². The van der Waals surface area contributed by atoms with Gasteiger partial charge in [-0.25, -0.2) is 4.84 Å². The molecule has 6 atom stereocenters. The first-order chi connectivity index (χ1) is 12.3. The van der Waals surface area contributed by atoms with Crippen LogP contribution in [0.5, 0.6) is 0 Å². The Labute approximate surface area is 154 Å². The zero-order valence-electron chi connectivity index (χ0n) is 15.6. The van der Waals surface area contributed by atoms with Crippen LogP contribution in [0.4, 0.5) is 0 Å². The van der Waals surface area contributed by atoms with Gasteiger partial charge in [-0.05, 0) is 79.6 Å². The highest BCUT2D eigenvalue weighted by Gasteiger charge is 2.58. The third-order valence-corrected chi connectivity index (χ3v) is 8.32. The third kappa shape index (κ3) is 2.57. The summed E-state index contributed by atoms with van der Waals surface area (Å²) >= 11 is 0. The van der Waals surface area contributed by atoms with Gasteiger partial charge in [0.25, 0.3) is 0 Å². The van der Waals surface area contributed by atoms with Crippen LogP contribution < -0.4 is 0 Å². The van der Waals surface area contributed by atoms with Crippen molar-refractivity contribution in [2.75, 3.05) is 0 Å². The zero-order chi connectivity index (χ0) is 18.5. The van der Waals surface area contributed by atoms with Crippen molar-refractivity contribution in [1.82, 2.24) is 0 Å². The standard InChI is InChI=1S/C21H27NO4/c1-20-11-8-19-17(5-3-15-13-16(23)7-10-21(15,19)2)18(20)6-4-14(20)9-12-26-22(24)25/h13-14,17-19H,3-8,10-11H2,1-2H3/t14-,17-,18-,19-,20+,21-/m0/s1. The maximum absolute atomic E-state index is 11.9. The number of allylic oxidation sites excluding steroid dienone is 1. The van der Waals surface area contributed by atoms with Crippen LogP contribution in [0.15, 0.2) is 11.6 Å². The highest BCUT2D eigenvalue weighted by atomic mass is 16.9. The Kier molecular flexibility index (Phi) is 4.13. The van der Waals surface area contributed by atoms with Crippen molar-refractivity contribution in [2.45, 2.75) is 65.2 Å². The lowest BCUT2D eigenvalue weighted by Gasteiger charge is -2.57. The number of fused-ring (bicyclic) bond motifs is 5. The van der Waals surface area contributed by atoms with Crippen molar-refractivity contribution < 1.29 is 14.7 Å². The Hall–Kier alpha value is -1.83. The van der Waals surface area contributed by atoms with Crippen molar-refractivity contribution in [3.8, 4) is 12.0 Å². The lowest BCUT2D eigenvalue weighted by Crippen LogP contribution is -2.50. The first kappa shape index (κ1) is 17.6. The highest BCUT2D eigenvalue weighted by molar-refractivity contribution is 5.91. The smallest absolute Gasteiger partial charge is 0.295 e. The average Bonchev–Trinajstić information content (AvgIpc) is 2.92. The number of nitrogens with zero attached hydrogens (tertiary/aromatic N) is 1. The van der Waals surface area contributed by atoms with E-state index in [-0.39, 0.29) is 16.7 Å². The van der Waals surface area contributed by atoms with E-state index in [0.29, 0.717) is 30.0 Å². The molecule has 4 aliphatic rings. The number of hydrogen-bond acceptors (Lipinski definition) is 4. The van der Waals surface area contributed by atoms with E-state index in [2.05, 4.69) is 30.7 Å². The van der Waals surface area contributed by atoms with Gasteiger partial charge in [-0.3, -0.25) is 4.79 Å². The summed E-state index contributed by atoms with van der Waals surface area (Å²) in [6, 6.07) is 0. The molecule has 0 aliphatic heterocycles. The van der Waals surface area contributed by atoms with Crippen LogP contribution in [-0.2, 0) is 9.63 Å². The predicted octanol–water partition coefficient (Wildman–Crippen LogP) is 4.30. The van der Waals surface area contributed by atoms with Crippen molar-refractivity contribution in [3.05, 3.63) is 21.8 Å². The fourth-order valence-electron chi connectivity index (χ4n) is 6.93. The summed E-state index contributed by atoms with van der Waals surface area (Å²) in [5.74, 6) is 5.52. The third-order valence-electron chi connectivity index (χ3n) is 8.32. The minimum absolute atomic E-state index is 0.135. The largest absolute Gasteiger partial charge is 0.308 e. The van der Waals surface area contributed by atoms with E-state index in [1.165, 1.54) is 18.4 Å². The van der Waals surface area contributed by atoms with Gasteiger partial charge in [0, 0.05) is 12.3 Å². The summed E-state index contributed by atoms with van der Waals surface area (Å²) in [6.45, 7) is 4.73. The van der Waals surface area contributed by atoms with E-state index in [0.717, 1.165) is 32.1 Å². The molecule has 140 valence electrons. The molecule has 26 heavy (non-hydrogen) atoms. The second-order valence-corrected chi connectivity index (χ2v) is 9.20. The second-order valence-electron chi connectivity index (χ2n) is 9.20. The monoisotopic (exact) mass is 357 g/mol. The summed E-state index contributed by atoms with van der Waals surface area (Å²) in [5, 5.41) is 9.53. The summed E-state index contributed by atoms with van der Waals surface area (Å²) in [7, 11) is 0. The van der Waals surface area contributed by atoms with Gasteiger partial charge in [-0.2, -0.15) is 0 Å². The van der Waals surface area contributed by atoms with Crippen LogP contribution in [0.3, 0.4) is 0 Å². The SMILES string of the molecule is C[C@]12CC[C@H]3[C@@H](CCC4=CC(=O)CC[C@@]43C)[C@@H]1CC[C@H]2C#CO[N+](=O)[O-]. The molecule has 4 aliphatic carbocycles. The second kappa shape index (κ2) is 6.11. The van der Waals surface area contributed by atoms with Crippen LogP contribution >= 0.6 is 0 Å². The summed E-state index contributed by atoms with van der Waals surface area (Å²) in [5.41, 5.74) is 1.72. The van der Waals surface area contributed by atoms with E-state index < -0.39 is 5.09 Å². The summed E-state index contributed by atoms with van der Waals surface area (Å²) < 4.78 is 0. The molecule has 3 saturated carbocycles. The first-order valence-corrected chi connectivity index (χ1v) is 9.90. The Bertz CT molecular complexity index is 732. The molecule has 0 N–H and O–H groups in total. The van der Waals surface area contributed by atoms with Gasteiger partial charge < -0.3 is 0 Å². The zero-order valence-corrected chi connectivity index (χ0v) is 15.6. The van der Waals surface area contributed by atoms with E-state index in [1.54, 1.807) is 0 Å². The topological polar surface area (TPSA) is 69.4 Å². The van der Waals surface area contributed by atoms with Crippen molar-refractivity contribution in [2.24, 2.45) is 34.5 Å². The normalized spacial score (nSPS) is 43.9. The molecule has 4 rings (SSSR count). The molecule has 0 spiro atoms. The minimum Gasteiger partial charge on any atom is -0.295 e. The molecule has 0 saturated heterocycles. The molecule has 0 radical (unpaired) electrons. The summed E-state index contributed by atoms with van der Waals surface area (Å²) in [6.07, 6.45) is 12.6. The Morgan fingerprint density at radius 1 is 1.15 bits per heavy atom. The van der Waals surface area contributed by atoms with Crippen LogP contribution in [0.25, 0.3) is 0 Å². The first-order valence-electron chi connectivity index (χ1n) is 9.90. The molecule has 0 amide bonds. The van der Waals surface area contributed by atoms with Crippen LogP contribution in [0, 0.1) is 56.6 Å². The van der Waals surface area contributed by atoms with Gasteiger partial charge in [0.15, 0.2) is 5.78 Å². The molecule has 0 heterocycles. The maximum Gasteiger partial charge on any atom is 0.308 e. The van der Waals surface area contributed by atoms with Crippen LogP contribution in [-0.4, -0.2) is 10.9 Å². The summed E-state index contributed by atoms with van der Waals surface area (Å²) in [4.78, 5) is 26.5. The van der Waals surface area contributed by atoms with E-state index in [9.17, 15) is 14.9 Å². The molecular formula is C21H27NO4. The minimum atomic E-state index is -0.834. The number of rotatable bonds is 1. The van der Waals surface area contributed by atoms with E-state index >= 15 is 0 Å². The van der Waals surface area contributed by atoms with Gasteiger partial charge in [0.05, 0.1) is 6.11 Å². The van der Waals surface area contributed by atoms with Crippen LogP contribution in [0.2, 0.25) is 0 Å². The fraction of sp³-hybridized carbons (Fsp3) is 0.762. The predicted molar refractivity (Wildman–Crippen MR) is 96.1 cm³/mol. The molecule has 0 aromatic heterocycles. The molecular weight excluding hydrogens is 330 g/mol. The molecule has 0 bridgehead atoms. The molecule has 5 nitrogen and oxygen atoms in total. The Morgan fingerprint density at radius 2 is 1.96 bits per heavy atom. The quantitative estimate of drug-likeness (QED) is 0.398. The molecule has 5 heteroatoms. The van der Waals surface area contributed by atoms with Crippen molar-refractivity contribution in [1.29, 1.82) is 0 Å². The molecule has 0 aromatic rings. The maximum atomic E-state index is 11.9. The Balaban J connectivity index is 1.58. The highest BCUT2D eigenvalue weighted by Crippen LogP contribution is 2.66. The average molecular weight is 357 g/mol. The lowest BCUT2D eigenvalue weighted by atomic mass is 9.47. The number of carbonyl (C=O) groups excluding carboxylic acids is 1. The van der Waals surface area contributed by atoms with Crippen molar-refractivity contribution in [3.63, 3.8) is 0 Å².